The third kappa shape index (κ3) is 17.6. The van der Waals surface area contributed by atoms with E-state index in [1.165, 1.54) is 42.4 Å². The Kier molecular flexibility index (Phi) is 19.7. The molecule has 0 radical (unpaired) electrons. The highest BCUT2D eigenvalue weighted by atomic mass is 17.2. The lowest BCUT2D eigenvalue weighted by Gasteiger charge is -2.10. The van der Waals surface area contributed by atoms with Crippen molar-refractivity contribution in [3.8, 4) is 5.75 Å². The standard InChI is InChI=1S/C43H57N3O7/c1-3-4-5-6-10-29-50-52-33-44-39-20-12-35(13-21-39)31-37-16-24-41(25-17-37)46-43(47)49-28-9-7-8-11-30-51-53-34-45-40-22-14-36(15-23-40)32-38-18-26-42(48-2)27-19-38/h12-27,44-45H,3-11,28-34H2,1-2H3,(H,46,47). The lowest BCUT2D eigenvalue weighted by atomic mass is 10.0. The molecule has 4 rings (SSSR count). The Morgan fingerprint density at radius 2 is 0.906 bits per heavy atom. The van der Waals surface area contributed by atoms with Crippen molar-refractivity contribution in [1.82, 2.24) is 0 Å². The van der Waals surface area contributed by atoms with Gasteiger partial charge in [-0.1, -0.05) is 87.6 Å². The van der Waals surface area contributed by atoms with Gasteiger partial charge in [0.05, 0.1) is 26.9 Å². The van der Waals surface area contributed by atoms with E-state index in [0.717, 1.165) is 67.6 Å². The molecule has 0 spiro atoms. The number of anilines is 3. The van der Waals surface area contributed by atoms with Crippen molar-refractivity contribution in [2.24, 2.45) is 0 Å². The number of nitrogens with one attached hydrogen (secondary N) is 3. The molecule has 0 aromatic heterocycles. The summed E-state index contributed by atoms with van der Waals surface area (Å²) in [6.07, 6.45) is 10.7. The van der Waals surface area contributed by atoms with Crippen LogP contribution < -0.4 is 20.7 Å². The molecular formula is C43H57N3O7. The van der Waals surface area contributed by atoms with Gasteiger partial charge in [-0.2, -0.15) is 0 Å². The summed E-state index contributed by atoms with van der Waals surface area (Å²) in [5.74, 6) is 0.862. The molecule has 0 atom stereocenters. The van der Waals surface area contributed by atoms with E-state index < -0.39 is 6.09 Å². The van der Waals surface area contributed by atoms with Gasteiger partial charge in [-0.05, 0) is 109 Å². The van der Waals surface area contributed by atoms with Crippen molar-refractivity contribution < 1.29 is 33.8 Å². The molecule has 4 aromatic carbocycles. The first-order valence-corrected chi connectivity index (χ1v) is 18.9. The van der Waals surface area contributed by atoms with Crippen LogP contribution in [0.3, 0.4) is 0 Å². The minimum Gasteiger partial charge on any atom is -0.497 e. The Hall–Kier alpha value is -4.61. The molecule has 3 N–H and O–H groups in total. The van der Waals surface area contributed by atoms with Crippen LogP contribution in [-0.2, 0) is 37.1 Å². The normalized spacial score (nSPS) is 10.9. The number of methoxy groups -OCH3 is 1. The zero-order valence-corrected chi connectivity index (χ0v) is 31.4. The Bertz CT molecular complexity index is 1530. The van der Waals surface area contributed by atoms with Crippen LogP contribution in [0.1, 0.15) is 87.0 Å². The van der Waals surface area contributed by atoms with Gasteiger partial charge < -0.3 is 20.1 Å². The van der Waals surface area contributed by atoms with E-state index in [0.29, 0.717) is 32.2 Å². The molecule has 0 fully saturated rings. The highest BCUT2D eigenvalue weighted by molar-refractivity contribution is 5.84. The molecular weight excluding hydrogens is 670 g/mol. The topological polar surface area (TPSA) is 109 Å². The first kappa shape index (κ1) is 41.2. The number of unbranched alkanes of at least 4 members (excludes halogenated alkanes) is 7. The second kappa shape index (κ2) is 25.4. The fourth-order valence-corrected chi connectivity index (χ4v) is 5.53. The second-order valence-electron chi connectivity index (χ2n) is 12.9. The number of rotatable bonds is 27. The van der Waals surface area contributed by atoms with Crippen LogP contribution in [0.5, 0.6) is 5.75 Å². The van der Waals surface area contributed by atoms with E-state index in [-0.39, 0.29) is 6.73 Å². The molecule has 0 saturated heterocycles. The van der Waals surface area contributed by atoms with E-state index in [1.807, 2.05) is 60.7 Å². The summed E-state index contributed by atoms with van der Waals surface area (Å²) in [6, 6.07) is 32.5. The molecule has 10 heteroatoms. The number of amides is 1. The molecule has 4 aromatic rings. The highest BCUT2D eigenvalue weighted by Gasteiger charge is 2.05. The monoisotopic (exact) mass is 727 g/mol. The van der Waals surface area contributed by atoms with Crippen LogP contribution in [0, 0.1) is 0 Å². The summed E-state index contributed by atoms with van der Waals surface area (Å²) in [4.78, 5) is 33.3. The molecule has 0 heterocycles. The second-order valence-corrected chi connectivity index (χ2v) is 12.9. The van der Waals surface area contributed by atoms with Crippen LogP contribution in [0.4, 0.5) is 21.9 Å². The number of carbonyl (C=O) groups excluding carboxylic acids is 1. The van der Waals surface area contributed by atoms with Gasteiger partial charge in [0.25, 0.3) is 0 Å². The highest BCUT2D eigenvalue weighted by Crippen LogP contribution is 2.18. The maximum atomic E-state index is 12.2. The van der Waals surface area contributed by atoms with Crippen LogP contribution in [-0.4, -0.2) is 46.5 Å². The van der Waals surface area contributed by atoms with Crippen LogP contribution in [0.25, 0.3) is 0 Å². The molecule has 286 valence electrons. The molecule has 0 aliphatic carbocycles. The van der Waals surface area contributed by atoms with Crippen LogP contribution in [0.15, 0.2) is 97.1 Å². The summed E-state index contributed by atoms with van der Waals surface area (Å²) in [7, 11) is 1.67. The number of benzene rings is 4. The Labute approximate surface area is 315 Å². The fourth-order valence-electron chi connectivity index (χ4n) is 5.53. The third-order valence-electron chi connectivity index (χ3n) is 8.61. The van der Waals surface area contributed by atoms with Crippen molar-refractivity contribution in [2.75, 3.05) is 56.3 Å². The zero-order chi connectivity index (χ0) is 37.2. The quantitative estimate of drug-likeness (QED) is 0.0239. The van der Waals surface area contributed by atoms with E-state index in [2.05, 4.69) is 59.3 Å². The third-order valence-corrected chi connectivity index (χ3v) is 8.61. The van der Waals surface area contributed by atoms with Crippen molar-refractivity contribution in [1.29, 1.82) is 0 Å². The molecule has 1 amide bonds. The molecule has 0 bridgehead atoms. The first-order chi connectivity index (χ1) is 26.1. The Morgan fingerprint density at radius 1 is 0.491 bits per heavy atom. The predicted molar refractivity (Wildman–Crippen MR) is 211 cm³/mol. The average molecular weight is 728 g/mol. The molecule has 0 aliphatic rings. The van der Waals surface area contributed by atoms with Crippen LogP contribution in [0.2, 0.25) is 0 Å². The van der Waals surface area contributed by atoms with Gasteiger partial charge in [0, 0.05) is 17.1 Å². The largest absolute Gasteiger partial charge is 0.497 e. The minimum absolute atomic E-state index is 0.266. The molecule has 53 heavy (non-hydrogen) atoms. The zero-order valence-electron chi connectivity index (χ0n) is 31.4. The van der Waals surface area contributed by atoms with Crippen molar-refractivity contribution in [3.05, 3.63) is 119 Å². The number of hydrogen-bond donors (Lipinski definition) is 3. The van der Waals surface area contributed by atoms with E-state index in [1.54, 1.807) is 7.11 Å². The van der Waals surface area contributed by atoms with Gasteiger partial charge in [0.15, 0.2) is 13.5 Å². The maximum Gasteiger partial charge on any atom is 0.411 e. The van der Waals surface area contributed by atoms with Crippen molar-refractivity contribution in [2.45, 2.75) is 77.6 Å². The van der Waals surface area contributed by atoms with Gasteiger partial charge in [-0.25, -0.2) is 24.3 Å². The van der Waals surface area contributed by atoms with E-state index in [4.69, 9.17) is 29.0 Å². The fraction of sp³-hybridized carbons (Fsp3) is 0.419. The summed E-state index contributed by atoms with van der Waals surface area (Å²) in [5.41, 5.74) is 7.45. The SMILES string of the molecule is CCCCCCCOOCNc1ccc(Cc2ccc(NC(=O)OCCCCCCOOCNc3ccc(Cc4ccc(OC)cc4)cc3)cc2)cc1. The maximum absolute atomic E-state index is 12.2. The Morgan fingerprint density at radius 3 is 1.36 bits per heavy atom. The lowest BCUT2D eigenvalue weighted by molar-refractivity contribution is -0.289. The molecule has 0 unspecified atom stereocenters. The first-order valence-electron chi connectivity index (χ1n) is 18.9. The minimum atomic E-state index is -0.446. The lowest BCUT2D eigenvalue weighted by Crippen LogP contribution is -2.14. The van der Waals surface area contributed by atoms with Gasteiger partial charge in [0.2, 0.25) is 0 Å². The van der Waals surface area contributed by atoms with E-state index >= 15 is 0 Å². The predicted octanol–water partition coefficient (Wildman–Crippen LogP) is 10.3. The van der Waals surface area contributed by atoms with Gasteiger partial charge in [-0.15, -0.1) is 0 Å². The smallest absolute Gasteiger partial charge is 0.411 e. The van der Waals surface area contributed by atoms with E-state index in [9.17, 15) is 4.79 Å². The number of ether oxygens (including phenoxy) is 2. The summed E-state index contributed by atoms with van der Waals surface area (Å²) in [6.45, 7) is 4.28. The summed E-state index contributed by atoms with van der Waals surface area (Å²) >= 11 is 0. The molecule has 0 saturated carbocycles. The van der Waals surface area contributed by atoms with Crippen molar-refractivity contribution >= 4 is 23.2 Å². The Balaban J connectivity index is 0.956. The molecule has 10 nitrogen and oxygen atoms in total. The summed E-state index contributed by atoms with van der Waals surface area (Å²) in [5, 5.41) is 9.21. The number of carbonyl (C=O) groups is 1. The average Bonchev–Trinajstić information content (AvgIpc) is 3.18. The summed E-state index contributed by atoms with van der Waals surface area (Å²) < 4.78 is 10.6. The number of hydrogen-bond acceptors (Lipinski definition) is 9. The van der Waals surface area contributed by atoms with Gasteiger partial charge >= 0.3 is 6.09 Å². The van der Waals surface area contributed by atoms with Crippen molar-refractivity contribution in [3.63, 3.8) is 0 Å². The molecule has 0 aliphatic heterocycles. The van der Waals surface area contributed by atoms with Crippen LogP contribution >= 0.6 is 0 Å². The van der Waals surface area contributed by atoms with Gasteiger partial charge in [-0.3, -0.25) is 5.32 Å². The van der Waals surface area contributed by atoms with Gasteiger partial charge in [0.1, 0.15) is 5.75 Å².